The molecular weight excluding hydrogens is 186 g/mol. The van der Waals surface area contributed by atoms with Gasteiger partial charge < -0.3 is 16.4 Å². The fourth-order valence-electron chi connectivity index (χ4n) is 2.21. The summed E-state index contributed by atoms with van der Waals surface area (Å²) in [6.45, 7) is 3.95. The highest BCUT2D eigenvalue weighted by Gasteiger charge is 2.20. The van der Waals surface area contributed by atoms with Gasteiger partial charge in [0, 0.05) is 30.5 Å². The first-order valence-corrected chi connectivity index (χ1v) is 5.57. The SMILES string of the molecule is CC(CN)N1CCCc2ccc(N)cc21. The van der Waals surface area contributed by atoms with E-state index in [2.05, 4.69) is 24.0 Å². The zero-order valence-electron chi connectivity index (χ0n) is 9.24. The zero-order chi connectivity index (χ0) is 10.8. The summed E-state index contributed by atoms with van der Waals surface area (Å²) in [6, 6.07) is 6.58. The lowest BCUT2D eigenvalue weighted by atomic mass is 9.99. The van der Waals surface area contributed by atoms with Crippen LogP contribution >= 0.6 is 0 Å². The zero-order valence-corrected chi connectivity index (χ0v) is 9.24. The minimum atomic E-state index is 0.394. The molecule has 3 heteroatoms. The lowest BCUT2D eigenvalue weighted by molar-refractivity contribution is 0.599. The van der Waals surface area contributed by atoms with Crippen LogP contribution in [0.4, 0.5) is 11.4 Å². The summed E-state index contributed by atoms with van der Waals surface area (Å²) in [5.74, 6) is 0. The molecule has 0 saturated carbocycles. The molecule has 82 valence electrons. The molecule has 2 rings (SSSR count). The lowest BCUT2D eigenvalue weighted by Gasteiger charge is -2.36. The summed E-state index contributed by atoms with van der Waals surface area (Å²) in [5.41, 5.74) is 15.1. The Bertz CT molecular complexity index is 349. The Labute approximate surface area is 91.1 Å². The molecule has 15 heavy (non-hydrogen) atoms. The quantitative estimate of drug-likeness (QED) is 0.717. The summed E-state index contributed by atoms with van der Waals surface area (Å²) < 4.78 is 0. The van der Waals surface area contributed by atoms with Crippen LogP contribution in [0.25, 0.3) is 0 Å². The standard InChI is InChI=1S/C12H19N3/c1-9(8-13)15-6-2-3-10-4-5-11(14)7-12(10)15/h4-5,7,9H,2-3,6,8,13-14H2,1H3. The third kappa shape index (κ3) is 1.92. The number of aryl methyl sites for hydroxylation is 1. The van der Waals surface area contributed by atoms with E-state index in [0.29, 0.717) is 12.6 Å². The summed E-state index contributed by atoms with van der Waals surface area (Å²) in [6.07, 6.45) is 2.37. The number of benzene rings is 1. The van der Waals surface area contributed by atoms with E-state index in [1.165, 1.54) is 17.7 Å². The molecule has 0 amide bonds. The number of rotatable bonds is 2. The number of nitrogens with two attached hydrogens (primary N) is 2. The molecule has 1 atom stereocenters. The average molecular weight is 205 g/mol. The van der Waals surface area contributed by atoms with Gasteiger partial charge in [-0.2, -0.15) is 0 Å². The fourth-order valence-corrected chi connectivity index (χ4v) is 2.21. The molecule has 0 fully saturated rings. The Balaban J connectivity index is 2.36. The topological polar surface area (TPSA) is 55.3 Å². The molecule has 0 spiro atoms. The number of hydrogen-bond donors (Lipinski definition) is 2. The molecule has 0 bridgehead atoms. The third-order valence-electron chi connectivity index (χ3n) is 3.14. The number of fused-ring (bicyclic) bond motifs is 1. The summed E-state index contributed by atoms with van der Waals surface area (Å²) in [5, 5.41) is 0. The van der Waals surface area contributed by atoms with Crippen LogP contribution in [-0.4, -0.2) is 19.1 Å². The highest BCUT2D eigenvalue weighted by molar-refractivity contribution is 5.63. The maximum Gasteiger partial charge on any atom is 0.0422 e. The van der Waals surface area contributed by atoms with Crippen LogP contribution in [0.15, 0.2) is 18.2 Å². The van der Waals surface area contributed by atoms with Gasteiger partial charge in [-0.3, -0.25) is 0 Å². The minimum absolute atomic E-state index is 0.394. The molecule has 3 nitrogen and oxygen atoms in total. The first kappa shape index (κ1) is 10.3. The van der Waals surface area contributed by atoms with Gasteiger partial charge in [0.05, 0.1) is 0 Å². The molecule has 0 saturated heterocycles. The Morgan fingerprint density at radius 1 is 1.47 bits per heavy atom. The van der Waals surface area contributed by atoms with Gasteiger partial charge in [-0.25, -0.2) is 0 Å². The van der Waals surface area contributed by atoms with Crippen molar-refractivity contribution >= 4 is 11.4 Å². The van der Waals surface area contributed by atoms with Crippen LogP contribution in [0.1, 0.15) is 18.9 Å². The van der Waals surface area contributed by atoms with Crippen molar-refractivity contribution in [3.8, 4) is 0 Å². The normalized spacial score (nSPS) is 17.3. The lowest BCUT2D eigenvalue weighted by Crippen LogP contribution is -2.41. The molecule has 0 radical (unpaired) electrons. The van der Waals surface area contributed by atoms with Crippen molar-refractivity contribution < 1.29 is 0 Å². The Morgan fingerprint density at radius 2 is 2.27 bits per heavy atom. The molecule has 4 N–H and O–H groups in total. The van der Waals surface area contributed by atoms with Gasteiger partial charge in [0.1, 0.15) is 0 Å². The molecule has 1 aliphatic heterocycles. The van der Waals surface area contributed by atoms with E-state index in [0.717, 1.165) is 18.7 Å². The van der Waals surface area contributed by atoms with E-state index < -0.39 is 0 Å². The summed E-state index contributed by atoms with van der Waals surface area (Å²) >= 11 is 0. The Kier molecular flexibility index (Phi) is 2.82. The fraction of sp³-hybridized carbons (Fsp3) is 0.500. The van der Waals surface area contributed by atoms with Crippen molar-refractivity contribution in [2.75, 3.05) is 23.7 Å². The highest BCUT2D eigenvalue weighted by Crippen LogP contribution is 2.30. The van der Waals surface area contributed by atoms with Crippen LogP contribution in [0, 0.1) is 0 Å². The maximum absolute atomic E-state index is 5.83. The Hall–Kier alpha value is -1.22. The van der Waals surface area contributed by atoms with Crippen molar-refractivity contribution in [3.63, 3.8) is 0 Å². The molecule has 1 heterocycles. The van der Waals surface area contributed by atoms with Crippen molar-refractivity contribution in [3.05, 3.63) is 23.8 Å². The van der Waals surface area contributed by atoms with Crippen molar-refractivity contribution in [2.45, 2.75) is 25.8 Å². The van der Waals surface area contributed by atoms with E-state index in [1.807, 2.05) is 6.07 Å². The van der Waals surface area contributed by atoms with Gasteiger partial charge in [0.2, 0.25) is 0 Å². The molecule has 1 aliphatic rings. The monoisotopic (exact) mass is 205 g/mol. The molecule has 1 unspecified atom stereocenters. The number of nitrogens with zero attached hydrogens (tertiary/aromatic N) is 1. The molecule has 1 aromatic carbocycles. The highest BCUT2D eigenvalue weighted by atomic mass is 15.2. The minimum Gasteiger partial charge on any atom is -0.399 e. The number of nitrogen functional groups attached to an aromatic ring is 1. The molecular formula is C12H19N3. The van der Waals surface area contributed by atoms with Crippen LogP contribution in [-0.2, 0) is 6.42 Å². The summed E-state index contributed by atoms with van der Waals surface area (Å²) in [7, 11) is 0. The van der Waals surface area contributed by atoms with Crippen molar-refractivity contribution in [1.82, 2.24) is 0 Å². The smallest absolute Gasteiger partial charge is 0.0422 e. The molecule has 1 aromatic rings. The van der Waals surface area contributed by atoms with Crippen LogP contribution in [0.2, 0.25) is 0 Å². The predicted octanol–water partition coefficient (Wildman–Crippen LogP) is 1.37. The van der Waals surface area contributed by atoms with E-state index >= 15 is 0 Å². The van der Waals surface area contributed by atoms with Crippen molar-refractivity contribution in [2.24, 2.45) is 5.73 Å². The second kappa shape index (κ2) is 4.11. The average Bonchev–Trinajstić information content (AvgIpc) is 2.27. The van der Waals surface area contributed by atoms with Gasteiger partial charge in [-0.1, -0.05) is 6.07 Å². The maximum atomic E-state index is 5.83. The second-order valence-corrected chi connectivity index (χ2v) is 4.27. The van der Waals surface area contributed by atoms with Crippen LogP contribution in [0.5, 0.6) is 0 Å². The van der Waals surface area contributed by atoms with Crippen molar-refractivity contribution in [1.29, 1.82) is 0 Å². The van der Waals surface area contributed by atoms with Crippen LogP contribution in [0.3, 0.4) is 0 Å². The first-order valence-electron chi connectivity index (χ1n) is 5.57. The van der Waals surface area contributed by atoms with Gasteiger partial charge >= 0.3 is 0 Å². The first-order chi connectivity index (χ1) is 7.22. The van der Waals surface area contributed by atoms with Crippen LogP contribution < -0.4 is 16.4 Å². The van der Waals surface area contributed by atoms with Gasteiger partial charge in [0.15, 0.2) is 0 Å². The van der Waals surface area contributed by atoms with Gasteiger partial charge in [-0.15, -0.1) is 0 Å². The van der Waals surface area contributed by atoms with E-state index in [9.17, 15) is 0 Å². The molecule has 0 aromatic heterocycles. The molecule has 0 aliphatic carbocycles. The Morgan fingerprint density at radius 3 is 3.00 bits per heavy atom. The van der Waals surface area contributed by atoms with Gasteiger partial charge in [0.25, 0.3) is 0 Å². The van der Waals surface area contributed by atoms with E-state index in [-0.39, 0.29) is 0 Å². The van der Waals surface area contributed by atoms with E-state index in [4.69, 9.17) is 11.5 Å². The second-order valence-electron chi connectivity index (χ2n) is 4.27. The third-order valence-corrected chi connectivity index (χ3v) is 3.14. The number of hydrogen-bond acceptors (Lipinski definition) is 3. The number of anilines is 2. The van der Waals surface area contributed by atoms with Gasteiger partial charge in [-0.05, 0) is 37.5 Å². The largest absolute Gasteiger partial charge is 0.399 e. The predicted molar refractivity (Wildman–Crippen MR) is 65.0 cm³/mol. The summed E-state index contributed by atoms with van der Waals surface area (Å²) in [4.78, 5) is 2.37. The van der Waals surface area contributed by atoms with E-state index in [1.54, 1.807) is 0 Å².